The third-order valence-electron chi connectivity index (χ3n) is 4.77. The van der Waals surface area contributed by atoms with Crippen molar-refractivity contribution < 1.29 is 19.1 Å². The van der Waals surface area contributed by atoms with Gasteiger partial charge in [0.05, 0.1) is 18.1 Å². The second-order valence-electron chi connectivity index (χ2n) is 5.93. The highest BCUT2D eigenvalue weighted by Crippen LogP contribution is 2.60. The smallest absolute Gasteiger partial charge is 0.249 e. The molecular formula is C13H19NO4. The molecule has 100 valence electrons. The Balaban J connectivity index is 1.29. The Labute approximate surface area is 106 Å². The van der Waals surface area contributed by atoms with E-state index in [0.29, 0.717) is 12.0 Å². The lowest BCUT2D eigenvalue weighted by molar-refractivity contribution is -0.202. The average molecular weight is 253 g/mol. The van der Waals surface area contributed by atoms with Crippen molar-refractivity contribution >= 4 is 5.91 Å². The number of hydroxylamine groups is 1. The zero-order chi connectivity index (χ0) is 12.1. The van der Waals surface area contributed by atoms with Crippen LogP contribution in [0.4, 0.5) is 0 Å². The zero-order valence-corrected chi connectivity index (χ0v) is 10.3. The number of nitrogens with one attached hydrogen (secondary N) is 1. The van der Waals surface area contributed by atoms with Gasteiger partial charge in [-0.25, -0.2) is 10.3 Å². The molecule has 0 aromatic rings. The predicted octanol–water partition coefficient (Wildman–Crippen LogP) is 0.984. The zero-order valence-electron chi connectivity index (χ0n) is 10.3. The molecule has 0 aromatic heterocycles. The third kappa shape index (κ3) is 1.76. The highest BCUT2D eigenvalue weighted by atomic mass is 16.8. The lowest BCUT2D eigenvalue weighted by Crippen LogP contribution is -2.40. The topological polar surface area (TPSA) is 56.8 Å². The molecule has 1 N–H and O–H groups in total. The minimum absolute atomic E-state index is 0.0117. The standard InChI is InChI=1S/C13H19NO4/c15-13(14-18-11-3-1-2-4-16-11)9-6-10-7-5-8(7)12(9)17-10/h7-12H,1-6H2,(H,14,15)/t7-,8+,9-,10+,11?,12+/m1/s1. The van der Waals surface area contributed by atoms with Gasteiger partial charge >= 0.3 is 0 Å². The van der Waals surface area contributed by atoms with Crippen molar-refractivity contribution in [1.29, 1.82) is 0 Å². The van der Waals surface area contributed by atoms with Crippen molar-refractivity contribution in [3.63, 3.8) is 0 Å². The number of ether oxygens (including phenoxy) is 2. The minimum Gasteiger partial charge on any atom is -0.374 e. The van der Waals surface area contributed by atoms with Gasteiger partial charge in [-0.15, -0.1) is 0 Å². The van der Waals surface area contributed by atoms with Crippen molar-refractivity contribution in [3.05, 3.63) is 0 Å². The summed E-state index contributed by atoms with van der Waals surface area (Å²) < 4.78 is 11.2. The van der Waals surface area contributed by atoms with Crippen molar-refractivity contribution in [1.82, 2.24) is 5.48 Å². The summed E-state index contributed by atoms with van der Waals surface area (Å²) in [5.41, 5.74) is 2.57. The van der Waals surface area contributed by atoms with E-state index in [1.165, 1.54) is 6.42 Å². The van der Waals surface area contributed by atoms with Gasteiger partial charge in [0.2, 0.25) is 5.91 Å². The second kappa shape index (κ2) is 4.18. The van der Waals surface area contributed by atoms with E-state index in [9.17, 15) is 4.79 Å². The maximum Gasteiger partial charge on any atom is 0.249 e. The van der Waals surface area contributed by atoms with Gasteiger partial charge in [-0.05, 0) is 37.5 Å². The molecule has 0 spiro atoms. The molecule has 1 saturated carbocycles. The van der Waals surface area contributed by atoms with E-state index in [-0.39, 0.29) is 24.2 Å². The normalized spacial score (nSPS) is 48.9. The van der Waals surface area contributed by atoms with Gasteiger partial charge in [0.1, 0.15) is 0 Å². The highest BCUT2D eigenvalue weighted by Gasteiger charge is 2.64. The van der Waals surface area contributed by atoms with E-state index in [2.05, 4.69) is 5.48 Å². The lowest BCUT2D eigenvalue weighted by Gasteiger charge is -2.24. The van der Waals surface area contributed by atoms with Gasteiger partial charge in [0.25, 0.3) is 0 Å². The number of amides is 1. The molecule has 4 rings (SSSR count). The summed E-state index contributed by atoms with van der Waals surface area (Å²) >= 11 is 0. The van der Waals surface area contributed by atoms with Crippen molar-refractivity contribution in [2.45, 2.75) is 50.6 Å². The number of rotatable bonds is 3. The SMILES string of the molecule is O=C(NOC1CCCCO1)[C@@H]1C[C@@H]2O[C@H]1[C@H]1C[C@H]12. The van der Waals surface area contributed by atoms with Gasteiger partial charge in [0, 0.05) is 13.0 Å². The fourth-order valence-corrected chi connectivity index (χ4v) is 3.71. The van der Waals surface area contributed by atoms with Crippen LogP contribution < -0.4 is 5.48 Å². The van der Waals surface area contributed by atoms with Gasteiger partial charge in [-0.2, -0.15) is 0 Å². The van der Waals surface area contributed by atoms with Gasteiger partial charge in [-0.3, -0.25) is 4.79 Å². The number of fused-ring (bicyclic) bond motifs is 5. The molecule has 4 fully saturated rings. The maximum absolute atomic E-state index is 12.1. The van der Waals surface area contributed by atoms with E-state index in [1.54, 1.807) is 0 Å². The van der Waals surface area contributed by atoms with Crippen LogP contribution >= 0.6 is 0 Å². The van der Waals surface area contributed by atoms with Crippen LogP contribution in [0.3, 0.4) is 0 Å². The molecule has 5 nitrogen and oxygen atoms in total. The Hall–Kier alpha value is -0.650. The monoisotopic (exact) mass is 253 g/mol. The fourth-order valence-electron chi connectivity index (χ4n) is 3.71. The Kier molecular flexibility index (Phi) is 2.60. The first-order valence-corrected chi connectivity index (χ1v) is 7.05. The first kappa shape index (κ1) is 11.2. The van der Waals surface area contributed by atoms with Crippen LogP contribution in [0.2, 0.25) is 0 Å². The Morgan fingerprint density at radius 1 is 1.22 bits per heavy atom. The van der Waals surface area contributed by atoms with Gasteiger partial charge < -0.3 is 9.47 Å². The number of hydrogen-bond acceptors (Lipinski definition) is 4. The van der Waals surface area contributed by atoms with E-state index in [4.69, 9.17) is 14.3 Å². The Morgan fingerprint density at radius 2 is 2.17 bits per heavy atom. The Bertz CT molecular complexity index is 355. The first-order valence-electron chi connectivity index (χ1n) is 7.05. The molecule has 18 heavy (non-hydrogen) atoms. The highest BCUT2D eigenvalue weighted by molar-refractivity contribution is 5.79. The molecule has 1 unspecified atom stereocenters. The van der Waals surface area contributed by atoms with Gasteiger partial charge in [-0.1, -0.05) is 0 Å². The predicted molar refractivity (Wildman–Crippen MR) is 61.2 cm³/mol. The first-order chi connectivity index (χ1) is 8.83. The second-order valence-corrected chi connectivity index (χ2v) is 5.93. The van der Waals surface area contributed by atoms with Crippen LogP contribution in [0.1, 0.15) is 32.1 Å². The Morgan fingerprint density at radius 3 is 2.89 bits per heavy atom. The quantitative estimate of drug-likeness (QED) is 0.762. The molecular weight excluding hydrogens is 234 g/mol. The summed E-state index contributed by atoms with van der Waals surface area (Å²) in [6.45, 7) is 0.724. The molecule has 3 saturated heterocycles. The van der Waals surface area contributed by atoms with Crippen LogP contribution in [0.15, 0.2) is 0 Å². The van der Waals surface area contributed by atoms with Gasteiger partial charge in [0.15, 0.2) is 6.29 Å². The number of carbonyl (C=O) groups is 1. The van der Waals surface area contributed by atoms with E-state index >= 15 is 0 Å². The molecule has 0 radical (unpaired) electrons. The van der Waals surface area contributed by atoms with Crippen molar-refractivity contribution in [3.8, 4) is 0 Å². The summed E-state index contributed by atoms with van der Waals surface area (Å²) in [6.07, 6.45) is 5.38. The summed E-state index contributed by atoms with van der Waals surface area (Å²) in [7, 11) is 0. The molecule has 6 atom stereocenters. The molecule has 5 heteroatoms. The van der Waals surface area contributed by atoms with Crippen LogP contribution in [0, 0.1) is 17.8 Å². The van der Waals surface area contributed by atoms with Crippen LogP contribution in [-0.2, 0) is 19.1 Å². The molecule has 0 aromatic carbocycles. The number of hydrogen-bond donors (Lipinski definition) is 1. The molecule has 1 aliphatic carbocycles. The lowest BCUT2D eigenvalue weighted by atomic mass is 9.89. The molecule has 1 amide bonds. The molecule has 4 aliphatic rings. The van der Waals surface area contributed by atoms with E-state index < -0.39 is 0 Å². The summed E-state index contributed by atoms with van der Waals surface area (Å²) in [5.74, 6) is 1.36. The van der Waals surface area contributed by atoms with Crippen molar-refractivity contribution in [2.24, 2.45) is 17.8 Å². The average Bonchev–Trinajstić information content (AvgIpc) is 3.02. The molecule has 2 bridgehead atoms. The van der Waals surface area contributed by atoms with Crippen LogP contribution in [0.25, 0.3) is 0 Å². The molecule has 3 aliphatic heterocycles. The summed E-state index contributed by atoms with van der Waals surface area (Å²) in [4.78, 5) is 17.4. The summed E-state index contributed by atoms with van der Waals surface area (Å²) in [5, 5.41) is 0. The van der Waals surface area contributed by atoms with E-state index in [0.717, 1.165) is 38.2 Å². The fraction of sp³-hybridized carbons (Fsp3) is 0.923. The third-order valence-corrected chi connectivity index (χ3v) is 4.77. The number of carbonyl (C=O) groups excluding carboxylic acids is 1. The molecule has 3 heterocycles. The minimum atomic E-state index is -0.268. The summed E-state index contributed by atoms with van der Waals surface area (Å²) in [6, 6.07) is 0. The van der Waals surface area contributed by atoms with Crippen molar-refractivity contribution in [2.75, 3.05) is 6.61 Å². The van der Waals surface area contributed by atoms with Crippen LogP contribution in [-0.4, -0.2) is 31.0 Å². The van der Waals surface area contributed by atoms with E-state index in [1.807, 2.05) is 0 Å². The maximum atomic E-state index is 12.1. The van der Waals surface area contributed by atoms with Crippen LogP contribution in [0.5, 0.6) is 0 Å². The largest absolute Gasteiger partial charge is 0.374 e.